The zero-order chi connectivity index (χ0) is 52.8. The maximum absolute atomic E-state index is 13.7. The molecule has 73 heavy (non-hydrogen) atoms. The average Bonchev–Trinajstić information content (AvgIpc) is 3.87. The van der Waals surface area contributed by atoms with Crippen LogP contribution in [0.3, 0.4) is 0 Å². The summed E-state index contributed by atoms with van der Waals surface area (Å²) in [6, 6.07) is 18.6. The molecule has 3 aliphatic heterocycles. The van der Waals surface area contributed by atoms with Crippen LogP contribution in [-0.4, -0.2) is 130 Å². The van der Waals surface area contributed by atoms with Crippen molar-refractivity contribution in [1.82, 2.24) is 14.5 Å². The maximum atomic E-state index is 13.7. The van der Waals surface area contributed by atoms with E-state index in [1.165, 1.54) is 0 Å². The summed E-state index contributed by atoms with van der Waals surface area (Å²) >= 11 is 0. The Kier molecular flexibility index (Phi) is 20.3. The number of carbonyl (C=O) groups excluding carboxylic acids is 3. The Hall–Kier alpha value is -5.12. The molecule has 0 radical (unpaired) electrons. The normalized spacial score (nSPS) is 16.9. The number of hydrogen-bond acceptors (Lipinski definition) is 13. The zero-order valence-electron chi connectivity index (χ0n) is 43.5. The van der Waals surface area contributed by atoms with Gasteiger partial charge in [-0.3, -0.25) is 9.59 Å². The predicted octanol–water partition coefficient (Wildman–Crippen LogP) is 7.21. The van der Waals surface area contributed by atoms with Gasteiger partial charge in [0.1, 0.15) is 6.54 Å². The number of fused-ring (bicyclic) bond motifs is 2. The number of carbonyl (C=O) groups is 3. The summed E-state index contributed by atoms with van der Waals surface area (Å²) in [7, 11) is -4.38. The highest BCUT2D eigenvalue weighted by Gasteiger charge is 2.45. The van der Waals surface area contributed by atoms with Crippen molar-refractivity contribution in [2.24, 2.45) is 0 Å². The number of anilines is 1. The van der Waals surface area contributed by atoms with Gasteiger partial charge in [-0.25, -0.2) is 31.1 Å². The summed E-state index contributed by atoms with van der Waals surface area (Å²) in [6.45, 7) is 15.0. The lowest BCUT2D eigenvalue weighted by molar-refractivity contribution is -0.438. The lowest BCUT2D eigenvalue weighted by Gasteiger charge is -2.27. The molecule has 0 unspecified atom stereocenters. The van der Waals surface area contributed by atoms with Gasteiger partial charge in [-0.2, -0.15) is 4.58 Å². The van der Waals surface area contributed by atoms with Crippen LogP contribution in [0.2, 0.25) is 0 Å². The summed E-state index contributed by atoms with van der Waals surface area (Å²) in [5.41, 5.74) is 7.02. The molecule has 3 aliphatic rings. The first-order chi connectivity index (χ1) is 34.9. The standard InChI is InChI=1S/C54H74N5O12S2/c1-8-9-13-30-57-47-25-23-43(73(65,66)55-28-12-10-11-17-52(62)71-59-50(60)26-27-51(59)61)39-45(47)54(4,5)48(57)15-14-16-49-53(2,3)44-38-41(20-24-46(44)58(49)31-33-70-37-35-68-7)40-18-21-42(22-19-40)72(63,64)56-29-32-69-36-34-67-6/h14-16,18-25,38-39,55-56H,8-13,17,26-37H2,1-7H3/q+1. The molecule has 0 bridgehead atoms. The summed E-state index contributed by atoms with van der Waals surface area (Å²) in [5, 5.41) is 0.533. The molecular weight excluding hydrogens is 975 g/mol. The molecule has 19 heteroatoms. The van der Waals surface area contributed by atoms with Crippen LogP contribution in [0.25, 0.3) is 11.1 Å². The molecule has 3 heterocycles. The van der Waals surface area contributed by atoms with Crippen LogP contribution < -0.4 is 14.3 Å². The van der Waals surface area contributed by atoms with Crippen molar-refractivity contribution < 1.29 is 59.6 Å². The molecule has 3 aromatic rings. The first kappa shape index (κ1) is 57.2. The molecule has 6 rings (SSSR count). The van der Waals surface area contributed by atoms with E-state index in [1.807, 2.05) is 18.2 Å². The van der Waals surface area contributed by atoms with Gasteiger partial charge in [0.2, 0.25) is 25.7 Å². The average molecular weight is 1050 g/mol. The summed E-state index contributed by atoms with van der Waals surface area (Å²) in [5.74, 6) is -1.74. The number of nitrogens with one attached hydrogen (secondary N) is 2. The van der Waals surface area contributed by atoms with Crippen LogP contribution in [-0.2, 0) is 69.0 Å². The number of rotatable bonds is 30. The Bertz CT molecular complexity index is 2740. The van der Waals surface area contributed by atoms with Crippen molar-refractivity contribution >= 4 is 54.9 Å². The van der Waals surface area contributed by atoms with Gasteiger partial charge in [0.25, 0.3) is 11.8 Å². The van der Waals surface area contributed by atoms with Gasteiger partial charge >= 0.3 is 5.97 Å². The van der Waals surface area contributed by atoms with E-state index in [-0.39, 0.29) is 48.7 Å². The number of amides is 2. The molecule has 17 nitrogen and oxygen atoms in total. The van der Waals surface area contributed by atoms with Crippen LogP contribution in [0, 0.1) is 0 Å². The zero-order valence-corrected chi connectivity index (χ0v) is 45.1. The molecule has 0 saturated carbocycles. The summed E-state index contributed by atoms with van der Waals surface area (Å²) < 4.78 is 82.8. The largest absolute Gasteiger partial charge is 0.382 e. The summed E-state index contributed by atoms with van der Waals surface area (Å²) in [6.07, 6.45) is 10.9. The Labute approximate surface area is 432 Å². The van der Waals surface area contributed by atoms with Gasteiger partial charge in [-0.15, -0.1) is 5.06 Å². The number of hydroxylamine groups is 2. The number of nitrogens with zero attached hydrogens (tertiary/aromatic N) is 3. The minimum atomic E-state index is -3.88. The number of methoxy groups -OCH3 is 2. The molecule has 0 aliphatic carbocycles. The second-order valence-electron chi connectivity index (χ2n) is 19.4. The van der Waals surface area contributed by atoms with Gasteiger partial charge in [0, 0.05) is 94.0 Å². The van der Waals surface area contributed by atoms with E-state index in [4.69, 9.17) is 23.8 Å². The van der Waals surface area contributed by atoms with Crippen molar-refractivity contribution in [2.45, 2.75) is 113 Å². The SMILES string of the molecule is CCCCC[N+]1=C(C=CC=C2N(CCOCCOC)c3ccc(-c4ccc(S(=O)(=O)NCCOCCOC)cc4)cc3C2(C)C)C(C)(C)c2cc(S(=O)(=O)NCCCCCC(=O)ON3C(=O)CCC3=O)ccc21. The molecule has 1 fully saturated rings. The molecule has 0 atom stereocenters. The number of benzene rings is 3. The first-order valence-corrected chi connectivity index (χ1v) is 28.2. The predicted molar refractivity (Wildman–Crippen MR) is 280 cm³/mol. The molecule has 398 valence electrons. The summed E-state index contributed by atoms with van der Waals surface area (Å²) in [4.78, 5) is 43.3. The van der Waals surface area contributed by atoms with Crippen molar-refractivity contribution in [3.05, 3.63) is 95.7 Å². The van der Waals surface area contributed by atoms with E-state index in [0.717, 1.165) is 70.8 Å². The fourth-order valence-electron chi connectivity index (χ4n) is 9.38. The smallest absolute Gasteiger partial charge is 0.333 e. The minimum absolute atomic E-state index is 0.000800. The van der Waals surface area contributed by atoms with Crippen LogP contribution in [0.15, 0.2) is 94.4 Å². The van der Waals surface area contributed by atoms with Crippen LogP contribution in [0.1, 0.15) is 104 Å². The number of hydrogen-bond donors (Lipinski definition) is 2. The second kappa shape index (κ2) is 25.9. The third-order valence-corrected chi connectivity index (χ3v) is 16.4. The van der Waals surface area contributed by atoms with Crippen LogP contribution in [0.5, 0.6) is 0 Å². The third-order valence-electron chi connectivity index (χ3n) is 13.5. The fraction of sp³-hybridized carbons (Fsp3) is 0.519. The van der Waals surface area contributed by atoms with Crippen molar-refractivity contribution in [1.29, 1.82) is 0 Å². The van der Waals surface area contributed by atoms with Gasteiger partial charge < -0.3 is 28.7 Å². The monoisotopic (exact) mass is 1050 g/mol. The number of allylic oxidation sites excluding steroid dienone is 4. The van der Waals surface area contributed by atoms with Crippen molar-refractivity contribution in [3.63, 3.8) is 0 Å². The third kappa shape index (κ3) is 14.2. The number of unbranched alkanes of at least 4 members (excludes halogenated alkanes) is 4. The molecule has 2 amide bonds. The molecular formula is C54H74N5O12S2+. The van der Waals surface area contributed by atoms with Gasteiger partial charge in [-0.05, 0) is 92.3 Å². The second-order valence-corrected chi connectivity index (χ2v) is 22.9. The highest BCUT2D eigenvalue weighted by Crippen LogP contribution is 2.49. The number of ether oxygens (including phenoxy) is 4. The molecule has 0 aromatic heterocycles. The first-order valence-electron chi connectivity index (χ1n) is 25.3. The highest BCUT2D eigenvalue weighted by atomic mass is 32.2. The van der Waals surface area contributed by atoms with E-state index in [2.05, 4.69) is 90.0 Å². The number of imide groups is 1. The molecule has 2 N–H and O–H groups in total. The molecule has 1 saturated heterocycles. The Morgan fingerprint density at radius 2 is 1.34 bits per heavy atom. The Morgan fingerprint density at radius 1 is 0.699 bits per heavy atom. The van der Waals surface area contributed by atoms with Crippen molar-refractivity contribution in [2.75, 3.05) is 84.9 Å². The number of sulfonamides is 2. The van der Waals surface area contributed by atoms with Crippen LogP contribution >= 0.6 is 0 Å². The van der Waals surface area contributed by atoms with E-state index in [0.29, 0.717) is 63.9 Å². The topological polar surface area (TPSA) is 199 Å². The van der Waals surface area contributed by atoms with E-state index in [9.17, 15) is 31.2 Å². The quantitative estimate of drug-likeness (QED) is 0.0386. The minimum Gasteiger partial charge on any atom is -0.382 e. The maximum Gasteiger partial charge on any atom is 0.333 e. The Balaban J connectivity index is 1.19. The molecule has 0 spiro atoms. The van der Waals surface area contributed by atoms with E-state index in [1.54, 1.807) is 38.5 Å². The van der Waals surface area contributed by atoms with Gasteiger partial charge in [0.15, 0.2) is 5.71 Å². The molecule has 3 aromatic carbocycles. The van der Waals surface area contributed by atoms with Gasteiger partial charge in [0.05, 0.1) is 54.8 Å². The highest BCUT2D eigenvalue weighted by molar-refractivity contribution is 7.89. The van der Waals surface area contributed by atoms with Gasteiger partial charge in [-0.1, -0.05) is 57.9 Å². The fourth-order valence-corrected chi connectivity index (χ4v) is 11.5. The van der Waals surface area contributed by atoms with Crippen molar-refractivity contribution in [3.8, 4) is 11.1 Å². The lowest BCUT2D eigenvalue weighted by Crippen LogP contribution is -2.32. The van der Waals surface area contributed by atoms with E-state index < -0.39 is 48.7 Å². The van der Waals surface area contributed by atoms with Crippen LogP contribution in [0.4, 0.5) is 11.4 Å². The lowest BCUT2D eigenvalue weighted by atomic mass is 9.81. The van der Waals surface area contributed by atoms with E-state index >= 15 is 0 Å². The Morgan fingerprint density at radius 3 is 2.03 bits per heavy atom.